The molecule has 0 aromatic heterocycles. The van der Waals surface area contributed by atoms with Crippen molar-refractivity contribution in [3.63, 3.8) is 0 Å². The summed E-state index contributed by atoms with van der Waals surface area (Å²) in [7, 11) is -9.96. The van der Waals surface area contributed by atoms with Crippen LogP contribution in [0, 0.1) is 0 Å². The number of allylic oxidation sites excluding steroid dienone is 14. The number of esters is 4. The smallest absolute Gasteiger partial charge is 0.462 e. The van der Waals surface area contributed by atoms with Crippen LogP contribution in [0.15, 0.2) is 85.1 Å². The van der Waals surface area contributed by atoms with E-state index < -0.39 is 97.5 Å². The highest BCUT2D eigenvalue weighted by Crippen LogP contribution is 2.45. The molecule has 0 spiro atoms. The highest BCUT2D eigenvalue weighted by Gasteiger charge is 2.30. The average molecular weight is 1420 g/mol. The molecule has 0 saturated carbocycles. The molecule has 0 aliphatic carbocycles. The highest BCUT2D eigenvalue weighted by atomic mass is 31.2. The highest BCUT2D eigenvalue weighted by molar-refractivity contribution is 7.47. The second kappa shape index (κ2) is 71.6. The van der Waals surface area contributed by atoms with E-state index in [2.05, 4.69) is 113 Å². The Bertz CT molecular complexity index is 2190. The van der Waals surface area contributed by atoms with E-state index in [4.69, 9.17) is 37.0 Å². The molecule has 0 aliphatic rings. The summed E-state index contributed by atoms with van der Waals surface area (Å²) in [4.78, 5) is 72.9. The second-order valence-corrected chi connectivity index (χ2v) is 28.9. The molecule has 0 aromatic carbocycles. The third-order valence-electron chi connectivity index (χ3n) is 16.4. The van der Waals surface area contributed by atoms with Crippen LogP contribution in [0.5, 0.6) is 0 Å². The van der Waals surface area contributed by atoms with E-state index in [1.165, 1.54) is 96.3 Å². The van der Waals surface area contributed by atoms with Gasteiger partial charge in [-0.1, -0.05) is 260 Å². The number of carbonyl (C=O) groups is 4. The Labute approximate surface area is 595 Å². The summed E-state index contributed by atoms with van der Waals surface area (Å²) in [6.45, 7) is 4.76. The summed E-state index contributed by atoms with van der Waals surface area (Å²) < 4.78 is 68.5. The second-order valence-electron chi connectivity index (χ2n) is 26.0. The lowest BCUT2D eigenvalue weighted by atomic mass is 10.1. The standard InChI is InChI=1S/C79H140O17P2/c1-5-9-13-17-21-25-29-33-36-40-44-48-52-56-60-64-77(82)90-70-75(96-79(84)66-62-58-54-50-46-42-38-35-31-27-23-19-15-11-7-3)72-94-98(87,88)92-68-73(80)67-91-97(85,86)93-71-74(69-89-76(81)63-59-55-51-47-43-39-32-28-24-20-16-12-8-4)95-78(83)65-61-57-53-49-45-41-37-34-30-26-22-18-14-10-6-2/h22,25-29,31-38,73-75,80H,5-21,23-24,30,39-72H2,1-4H3,(H,85,86)(H,87,88)/b26-22-,29-25-,31-27-,32-28-,36-33-,37-34-,38-35-/t73-,74+,75+/m0/s1. The van der Waals surface area contributed by atoms with E-state index in [-0.39, 0.29) is 25.7 Å². The largest absolute Gasteiger partial charge is 0.472 e. The topological polar surface area (TPSA) is 237 Å². The van der Waals surface area contributed by atoms with Crippen LogP contribution in [-0.2, 0) is 65.4 Å². The molecule has 0 radical (unpaired) electrons. The lowest BCUT2D eigenvalue weighted by Crippen LogP contribution is -2.30. The van der Waals surface area contributed by atoms with Gasteiger partial charge in [0.1, 0.15) is 19.3 Å². The number of phosphoric ester groups is 2. The third kappa shape index (κ3) is 70.7. The molecule has 0 bridgehead atoms. The molecule has 0 aromatic rings. The molecular weight excluding hydrogens is 1280 g/mol. The molecular formula is C79H140O17P2. The molecule has 0 fully saturated rings. The fourth-order valence-electron chi connectivity index (χ4n) is 10.3. The maximum Gasteiger partial charge on any atom is 0.472 e. The number of phosphoric acid groups is 2. The first-order valence-electron chi connectivity index (χ1n) is 38.9. The van der Waals surface area contributed by atoms with E-state index in [0.717, 1.165) is 161 Å². The van der Waals surface area contributed by atoms with Gasteiger partial charge in [0.2, 0.25) is 0 Å². The maximum absolute atomic E-state index is 13.1. The zero-order valence-corrected chi connectivity index (χ0v) is 63.7. The monoisotopic (exact) mass is 1420 g/mol. The summed E-state index contributed by atoms with van der Waals surface area (Å²) in [5, 5.41) is 10.6. The zero-order valence-electron chi connectivity index (χ0n) is 62.0. The molecule has 17 nitrogen and oxygen atoms in total. The molecule has 568 valence electrons. The average Bonchev–Trinajstić information content (AvgIpc) is 1.05. The van der Waals surface area contributed by atoms with Crippen LogP contribution in [0.1, 0.15) is 336 Å². The molecule has 0 heterocycles. The van der Waals surface area contributed by atoms with E-state index in [1.807, 2.05) is 0 Å². The Morgan fingerprint density at radius 3 is 0.847 bits per heavy atom. The molecule has 0 amide bonds. The predicted octanol–water partition coefficient (Wildman–Crippen LogP) is 22.2. The predicted molar refractivity (Wildman–Crippen MR) is 399 cm³/mol. The Kier molecular flexibility index (Phi) is 68.9. The molecule has 98 heavy (non-hydrogen) atoms. The minimum absolute atomic E-state index is 0.0748. The van der Waals surface area contributed by atoms with E-state index in [0.29, 0.717) is 25.7 Å². The number of aliphatic hydroxyl groups is 1. The lowest BCUT2D eigenvalue weighted by molar-refractivity contribution is -0.161. The first-order valence-corrected chi connectivity index (χ1v) is 41.9. The van der Waals surface area contributed by atoms with Crippen LogP contribution in [-0.4, -0.2) is 96.7 Å². The summed E-state index contributed by atoms with van der Waals surface area (Å²) in [6, 6.07) is 0. The van der Waals surface area contributed by atoms with Crippen molar-refractivity contribution in [3.8, 4) is 0 Å². The third-order valence-corrected chi connectivity index (χ3v) is 18.3. The van der Waals surface area contributed by atoms with Gasteiger partial charge in [-0.15, -0.1) is 0 Å². The molecule has 0 rings (SSSR count). The summed E-state index contributed by atoms with van der Waals surface area (Å²) in [5.74, 6) is -2.22. The van der Waals surface area contributed by atoms with Crippen LogP contribution < -0.4 is 0 Å². The molecule has 3 N–H and O–H groups in total. The van der Waals surface area contributed by atoms with Crippen LogP contribution in [0.25, 0.3) is 0 Å². The van der Waals surface area contributed by atoms with Crippen molar-refractivity contribution in [2.75, 3.05) is 39.6 Å². The molecule has 19 heteroatoms. The van der Waals surface area contributed by atoms with Gasteiger partial charge in [0.05, 0.1) is 26.4 Å². The van der Waals surface area contributed by atoms with Gasteiger partial charge in [-0.2, -0.15) is 0 Å². The van der Waals surface area contributed by atoms with E-state index >= 15 is 0 Å². The fraction of sp³-hybridized carbons (Fsp3) is 0.772. The Balaban J connectivity index is 5.38. The quantitative estimate of drug-likeness (QED) is 0.0128. The number of carbonyl (C=O) groups excluding carboxylic acids is 4. The number of ether oxygens (including phenoxy) is 4. The minimum atomic E-state index is -4.98. The van der Waals surface area contributed by atoms with Gasteiger partial charge in [-0.3, -0.25) is 37.3 Å². The first-order chi connectivity index (χ1) is 47.7. The summed E-state index contributed by atoms with van der Waals surface area (Å²) in [6.07, 6.45) is 72.7. The van der Waals surface area contributed by atoms with Crippen LogP contribution in [0.2, 0.25) is 0 Å². The van der Waals surface area contributed by atoms with Crippen LogP contribution in [0.3, 0.4) is 0 Å². The number of hydrogen-bond donors (Lipinski definition) is 3. The molecule has 0 saturated heterocycles. The number of unbranched alkanes of at least 4 members (excludes halogenated alkanes) is 35. The van der Waals surface area contributed by atoms with Gasteiger partial charge < -0.3 is 33.8 Å². The van der Waals surface area contributed by atoms with Gasteiger partial charge in [0.25, 0.3) is 0 Å². The Hall–Kier alpha value is -3.76. The number of aliphatic hydroxyl groups excluding tert-OH is 1. The van der Waals surface area contributed by atoms with Gasteiger partial charge in [-0.05, 0) is 135 Å². The van der Waals surface area contributed by atoms with Crippen molar-refractivity contribution in [2.24, 2.45) is 0 Å². The van der Waals surface area contributed by atoms with Crippen molar-refractivity contribution in [3.05, 3.63) is 85.1 Å². The first kappa shape index (κ1) is 94.2. The van der Waals surface area contributed by atoms with Crippen molar-refractivity contribution in [1.29, 1.82) is 0 Å². The number of hydrogen-bond acceptors (Lipinski definition) is 15. The Morgan fingerprint density at radius 1 is 0.296 bits per heavy atom. The van der Waals surface area contributed by atoms with Gasteiger partial charge in [0.15, 0.2) is 12.2 Å². The van der Waals surface area contributed by atoms with Crippen molar-refractivity contribution in [2.45, 2.75) is 354 Å². The molecule has 5 atom stereocenters. The summed E-state index contributed by atoms with van der Waals surface area (Å²) >= 11 is 0. The van der Waals surface area contributed by atoms with E-state index in [9.17, 15) is 43.2 Å². The van der Waals surface area contributed by atoms with Crippen molar-refractivity contribution in [1.82, 2.24) is 0 Å². The number of rotatable bonds is 73. The molecule has 0 aliphatic heterocycles. The van der Waals surface area contributed by atoms with Gasteiger partial charge in [-0.25, -0.2) is 9.13 Å². The SMILES string of the molecule is CCCCC/C=C\C/C=C\CCCCCCCC(=O)O[C@H](COC(=O)CCCCCCC/C=C\CCCCCC)COP(=O)(O)OC[C@H](O)COP(=O)(O)OC[C@@H](COC(=O)CCCCCCC/C=C\C=C/CCCCCC)OC(=O)CCCCCCC/C=C\C=C/CCCCCC. The van der Waals surface area contributed by atoms with Gasteiger partial charge >= 0.3 is 39.5 Å². The zero-order chi connectivity index (χ0) is 71.8. The van der Waals surface area contributed by atoms with Crippen molar-refractivity contribution < 1.29 is 80.2 Å². The Morgan fingerprint density at radius 2 is 0.531 bits per heavy atom. The van der Waals surface area contributed by atoms with Crippen LogP contribution >= 0.6 is 15.6 Å². The lowest BCUT2D eigenvalue weighted by Gasteiger charge is -2.21. The fourth-order valence-corrected chi connectivity index (χ4v) is 11.9. The van der Waals surface area contributed by atoms with Crippen molar-refractivity contribution >= 4 is 39.5 Å². The normalized spacial score (nSPS) is 14.4. The molecule has 2 unspecified atom stereocenters. The summed E-state index contributed by atoms with van der Waals surface area (Å²) in [5.41, 5.74) is 0. The van der Waals surface area contributed by atoms with E-state index in [1.54, 1.807) is 0 Å². The maximum atomic E-state index is 13.1. The van der Waals surface area contributed by atoms with Gasteiger partial charge in [0, 0.05) is 25.7 Å². The van der Waals surface area contributed by atoms with Crippen LogP contribution in [0.4, 0.5) is 0 Å². The minimum Gasteiger partial charge on any atom is -0.462 e.